The normalized spacial score (nSPS) is 16.7. The van der Waals surface area contributed by atoms with Crippen LogP contribution >= 0.6 is 0 Å². The third-order valence-corrected chi connectivity index (χ3v) is 4.18. The summed E-state index contributed by atoms with van der Waals surface area (Å²) in [7, 11) is 0. The second kappa shape index (κ2) is 6.20. The molecule has 1 aliphatic rings. The number of carbonyl (C=O) groups is 2. The first kappa shape index (κ1) is 15.2. The highest BCUT2D eigenvalue weighted by atomic mass is 16.4. The fourth-order valence-electron chi connectivity index (χ4n) is 3.12. The molecule has 0 radical (unpaired) electrons. The molecule has 1 aliphatic heterocycles. The molecule has 3 rings (SSSR count). The summed E-state index contributed by atoms with van der Waals surface area (Å²) in [5.41, 5.74) is 3.37. The summed E-state index contributed by atoms with van der Waals surface area (Å²) in [6, 6.07) is 10.7. The van der Waals surface area contributed by atoms with E-state index in [0.717, 1.165) is 23.2 Å². The summed E-state index contributed by atoms with van der Waals surface area (Å²) < 4.78 is 0. The second-order valence-electron chi connectivity index (χ2n) is 5.75. The molecule has 0 spiro atoms. The van der Waals surface area contributed by atoms with Crippen LogP contribution in [0.3, 0.4) is 0 Å². The first-order valence-corrected chi connectivity index (χ1v) is 7.59. The zero-order valence-electron chi connectivity index (χ0n) is 12.9. The Labute approximate surface area is 134 Å². The van der Waals surface area contributed by atoms with Crippen molar-refractivity contribution in [1.29, 1.82) is 0 Å². The van der Waals surface area contributed by atoms with E-state index in [0.29, 0.717) is 12.1 Å². The van der Waals surface area contributed by atoms with Crippen LogP contribution in [0.15, 0.2) is 42.6 Å². The fourth-order valence-corrected chi connectivity index (χ4v) is 3.12. The van der Waals surface area contributed by atoms with E-state index in [4.69, 9.17) is 0 Å². The van der Waals surface area contributed by atoms with Crippen LogP contribution in [0.5, 0.6) is 0 Å². The molecule has 0 saturated heterocycles. The number of aliphatic carboxylic acids is 1. The number of amides is 1. The van der Waals surface area contributed by atoms with Crippen molar-refractivity contribution in [3.05, 3.63) is 65.0 Å². The summed E-state index contributed by atoms with van der Waals surface area (Å²) in [5, 5.41) is 9.26. The minimum Gasteiger partial charge on any atom is -0.481 e. The van der Waals surface area contributed by atoms with Gasteiger partial charge in [-0.3, -0.25) is 14.6 Å². The van der Waals surface area contributed by atoms with Crippen LogP contribution in [0.4, 0.5) is 0 Å². The minimum absolute atomic E-state index is 0.0905. The molecule has 118 valence electrons. The molecule has 1 atom stereocenters. The van der Waals surface area contributed by atoms with Crippen LogP contribution in [0.2, 0.25) is 0 Å². The number of hydrogen-bond donors (Lipinski definition) is 1. The van der Waals surface area contributed by atoms with Gasteiger partial charge in [-0.2, -0.15) is 0 Å². The Morgan fingerprint density at radius 1 is 1.30 bits per heavy atom. The smallest absolute Gasteiger partial charge is 0.305 e. The predicted octanol–water partition coefficient (Wildman–Crippen LogP) is 2.60. The zero-order valence-corrected chi connectivity index (χ0v) is 12.9. The standard InChI is InChI=1S/C18H18N2O3/c1-12-10-14(6-8-19-12)18(23)20-9-7-13-4-2-3-5-15(13)16(20)11-17(21)22/h2-6,8,10,16H,7,9,11H2,1H3,(H,21,22). The van der Waals surface area contributed by atoms with Gasteiger partial charge in [-0.15, -0.1) is 0 Å². The molecule has 2 aromatic rings. The molecule has 0 fully saturated rings. The van der Waals surface area contributed by atoms with E-state index >= 15 is 0 Å². The van der Waals surface area contributed by atoms with E-state index < -0.39 is 12.0 Å². The van der Waals surface area contributed by atoms with Gasteiger partial charge in [0.2, 0.25) is 0 Å². The highest BCUT2D eigenvalue weighted by molar-refractivity contribution is 5.95. The van der Waals surface area contributed by atoms with Crippen LogP contribution in [0.25, 0.3) is 0 Å². The average molecular weight is 310 g/mol. The average Bonchev–Trinajstić information content (AvgIpc) is 2.54. The number of fused-ring (bicyclic) bond motifs is 1. The number of carboxylic acids is 1. The topological polar surface area (TPSA) is 70.5 Å². The van der Waals surface area contributed by atoms with Gasteiger partial charge in [0.05, 0.1) is 12.5 Å². The van der Waals surface area contributed by atoms with Gasteiger partial charge in [-0.05, 0) is 36.6 Å². The summed E-state index contributed by atoms with van der Waals surface area (Å²) in [6.07, 6.45) is 2.25. The van der Waals surface area contributed by atoms with E-state index in [1.807, 2.05) is 31.2 Å². The van der Waals surface area contributed by atoms with Gasteiger partial charge in [0.15, 0.2) is 0 Å². The molecular formula is C18H18N2O3. The third-order valence-electron chi connectivity index (χ3n) is 4.18. The number of aryl methyl sites for hydroxylation is 1. The number of carbonyl (C=O) groups excluding carboxylic acids is 1. The zero-order chi connectivity index (χ0) is 16.4. The quantitative estimate of drug-likeness (QED) is 0.946. The number of rotatable bonds is 3. The van der Waals surface area contributed by atoms with Gasteiger partial charge in [-0.1, -0.05) is 24.3 Å². The number of nitrogens with zero attached hydrogens (tertiary/aromatic N) is 2. The Kier molecular flexibility index (Phi) is 4.10. The van der Waals surface area contributed by atoms with Crippen LogP contribution in [-0.2, 0) is 11.2 Å². The Hall–Kier alpha value is -2.69. The maximum Gasteiger partial charge on any atom is 0.305 e. The van der Waals surface area contributed by atoms with Gasteiger partial charge >= 0.3 is 5.97 Å². The molecule has 1 unspecified atom stereocenters. The van der Waals surface area contributed by atoms with Crippen molar-refractivity contribution in [2.24, 2.45) is 0 Å². The van der Waals surface area contributed by atoms with Crippen molar-refractivity contribution in [2.45, 2.75) is 25.8 Å². The van der Waals surface area contributed by atoms with Gasteiger partial charge in [0.25, 0.3) is 5.91 Å². The van der Waals surface area contributed by atoms with Crippen LogP contribution < -0.4 is 0 Å². The van der Waals surface area contributed by atoms with Crippen molar-refractivity contribution in [2.75, 3.05) is 6.54 Å². The molecule has 1 N–H and O–H groups in total. The molecule has 1 amide bonds. The molecule has 1 aromatic carbocycles. The molecule has 5 nitrogen and oxygen atoms in total. The first-order valence-electron chi connectivity index (χ1n) is 7.59. The lowest BCUT2D eigenvalue weighted by Crippen LogP contribution is -2.41. The molecule has 5 heteroatoms. The van der Waals surface area contributed by atoms with E-state index in [9.17, 15) is 14.7 Å². The van der Waals surface area contributed by atoms with Crippen molar-refractivity contribution < 1.29 is 14.7 Å². The van der Waals surface area contributed by atoms with E-state index in [-0.39, 0.29) is 12.3 Å². The number of carboxylic acid groups (broad SMARTS) is 1. The molecule has 0 saturated carbocycles. The lowest BCUT2D eigenvalue weighted by molar-refractivity contribution is -0.138. The van der Waals surface area contributed by atoms with E-state index in [1.165, 1.54) is 0 Å². The van der Waals surface area contributed by atoms with E-state index in [1.54, 1.807) is 23.2 Å². The number of pyridine rings is 1. The molecule has 23 heavy (non-hydrogen) atoms. The summed E-state index contributed by atoms with van der Waals surface area (Å²) in [5.74, 6) is -1.05. The van der Waals surface area contributed by atoms with Crippen molar-refractivity contribution in [3.8, 4) is 0 Å². The highest BCUT2D eigenvalue weighted by Gasteiger charge is 2.32. The minimum atomic E-state index is -0.907. The highest BCUT2D eigenvalue weighted by Crippen LogP contribution is 2.33. The first-order chi connectivity index (χ1) is 11.1. The SMILES string of the molecule is Cc1cc(C(=O)N2CCc3ccccc3C2CC(=O)O)ccn1. The van der Waals surface area contributed by atoms with Gasteiger partial charge < -0.3 is 10.0 Å². The second-order valence-corrected chi connectivity index (χ2v) is 5.75. The number of benzene rings is 1. The molecule has 1 aromatic heterocycles. The monoisotopic (exact) mass is 310 g/mol. The van der Waals surface area contributed by atoms with E-state index in [2.05, 4.69) is 4.98 Å². The lowest BCUT2D eigenvalue weighted by atomic mass is 9.90. The molecule has 2 heterocycles. The largest absolute Gasteiger partial charge is 0.481 e. The van der Waals surface area contributed by atoms with Crippen LogP contribution in [0.1, 0.15) is 39.6 Å². The van der Waals surface area contributed by atoms with Gasteiger partial charge in [-0.25, -0.2) is 0 Å². The number of aromatic nitrogens is 1. The third kappa shape index (κ3) is 3.08. The summed E-state index contributed by atoms with van der Waals surface area (Å²) >= 11 is 0. The predicted molar refractivity (Wildman–Crippen MR) is 85.2 cm³/mol. The summed E-state index contributed by atoms with van der Waals surface area (Å²) in [4.78, 5) is 29.9. The lowest BCUT2D eigenvalue weighted by Gasteiger charge is -2.36. The van der Waals surface area contributed by atoms with Crippen LogP contribution in [-0.4, -0.2) is 33.4 Å². The van der Waals surface area contributed by atoms with Crippen molar-refractivity contribution in [1.82, 2.24) is 9.88 Å². The Morgan fingerprint density at radius 3 is 2.83 bits per heavy atom. The maximum absolute atomic E-state index is 12.9. The van der Waals surface area contributed by atoms with Gasteiger partial charge in [0.1, 0.15) is 0 Å². The van der Waals surface area contributed by atoms with Crippen LogP contribution in [0, 0.1) is 6.92 Å². The molecule has 0 aliphatic carbocycles. The van der Waals surface area contributed by atoms with Crippen molar-refractivity contribution >= 4 is 11.9 Å². The molecule has 0 bridgehead atoms. The Morgan fingerprint density at radius 2 is 2.09 bits per heavy atom. The number of hydrogen-bond acceptors (Lipinski definition) is 3. The Bertz CT molecular complexity index is 757. The fraction of sp³-hybridized carbons (Fsp3) is 0.278. The van der Waals surface area contributed by atoms with Gasteiger partial charge in [0, 0.05) is 24.0 Å². The Balaban J connectivity index is 1.97. The molecular weight excluding hydrogens is 292 g/mol. The van der Waals surface area contributed by atoms with Crippen molar-refractivity contribution in [3.63, 3.8) is 0 Å². The maximum atomic E-state index is 12.9. The summed E-state index contributed by atoms with van der Waals surface area (Å²) in [6.45, 7) is 2.35.